The molecule has 3 aromatic rings. The van der Waals surface area contributed by atoms with Crippen LogP contribution in [-0.4, -0.2) is 75.0 Å². The summed E-state index contributed by atoms with van der Waals surface area (Å²) in [4.78, 5) is 48.4. The van der Waals surface area contributed by atoms with Crippen LogP contribution < -0.4 is 5.32 Å². The summed E-state index contributed by atoms with van der Waals surface area (Å²) in [6.45, 7) is 7.50. The molecule has 4 aliphatic rings. The number of rotatable bonds is 8. The van der Waals surface area contributed by atoms with Crippen molar-refractivity contribution in [2.45, 2.75) is 64.8 Å². The summed E-state index contributed by atoms with van der Waals surface area (Å²) in [5.41, 5.74) is 1.59. The number of oxazole rings is 1. The van der Waals surface area contributed by atoms with Gasteiger partial charge in [-0.25, -0.2) is 4.98 Å². The Hall–Kier alpha value is -3.95. The molecule has 2 saturated heterocycles. The second-order valence-electron chi connectivity index (χ2n) is 14.2. The zero-order valence-electron chi connectivity index (χ0n) is 25.7. The summed E-state index contributed by atoms with van der Waals surface area (Å²) in [5, 5.41) is 7.49. The quantitative estimate of drug-likeness (QED) is 0.413. The molecule has 10 heteroatoms. The van der Waals surface area contributed by atoms with Crippen molar-refractivity contribution in [1.29, 1.82) is 0 Å². The molecule has 0 bridgehead atoms. The predicted octanol–water partition coefficient (Wildman–Crippen LogP) is 4.34. The molecule has 4 fully saturated rings. The van der Waals surface area contributed by atoms with E-state index in [1.54, 1.807) is 17.1 Å². The fourth-order valence-corrected chi connectivity index (χ4v) is 7.55. The smallest absolute Gasteiger partial charge is 0.273 e. The van der Waals surface area contributed by atoms with Gasteiger partial charge in [0.15, 0.2) is 11.6 Å². The minimum Gasteiger partial charge on any atom is -0.448 e. The molecule has 2 atom stereocenters. The minimum atomic E-state index is -0.370. The van der Waals surface area contributed by atoms with Crippen LogP contribution in [-0.2, 0) is 11.3 Å². The summed E-state index contributed by atoms with van der Waals surface area (Å²) in [6, 6.07) is 10.0. The maximum absolute atomic E-state index is 13.8. The van der Waals surface area contributed by atoms with Crippen LogP contribution >= 0.6 is 0 Å². The highest BCUT2D eigenvalue weighted by Gasteiger charge is 2.61. The Morgan fingerprint density at radius 3 is 2.48 bits per heavy atom. The highest BCUT2D eigenvalue weighted by Crippen LogP contribution is 2.55. The number of amides is 3. The van der Waals surface area contributed by atoms with Crippen LogP contribution in [0.3, 0.4) is 0 Å². The molecular formula is C34H42N6O4. The molecule has 1 aromatic carbocycles. The second-order valence-corrected chi connectivity index (χ2v) is 14.2. The molecule has 3 amide bonds. The van der Waals surface area contributed by atoms with Gasteiger partial charge < -0.3 is 19.5 Å². The zero-order chi connectivity index (χ0) is 30.5. The van der Waals surface area contributed by atoms with E-state index < -0.39 is 0 Å². The molecule has 44 heavy (non-hydrogen) atoms. The Bertz CT molecular complexity index is 1530. The molecule has 2 aromatic heterocycles. The van der Waals surface area contributed by atoms with E-state index in [-0.39, 0.29) is 46.1 Å². The molecule has 2 saturated carbocycles. The van der Waals surface area contributed by atoms with Crippen LogP contribution in [0.25, 0.3) is 0 Å². The maximum Gasteiger partial charge on any atom is 0.273 e. The van der Waals surface area contributed by atoms with Gasteiger partial charge in [-0.2, -0.15) is 5.10 Å². The standard InChI is InChI=1S/C34H42N6O4/c1-33(2)13-26(33)32(43)39-21-34(22-39)20-38(31(42)25-15-36-40(17-25)16-24-11-7-4-8-12-24)18-27(34)30-37-28(19-44-30)29(41)35-14-23-9-5-3-6-10-23/h4,7-8,11-12,15,17,19,23,26-27H,3,5-6,9-10,13-14,16,18,20-22H2,1-2H3,(H,35,41)/t26-,27?/m1/s1. The summed E-state index contributed by atoms with van der Waals surface area (Å²) in [5.74, 6) is 0.692. The lowest BCUT2D eigenvalue weighted by Crippen LogP contribution is -2.62. The molecule has 4 heterocycles. The number of hydrogen-bond donors (Lipinski definition) is 1. The van der Waals surface area contributed by atoms with Gasteiger partial charge in [0.05, 0.1) is 24.2 Å². The molecule has 1 unspecified atom stereocenters. The van der Waals surface area contributed by atoms with Crippen molar-refractivity contribution >= 4 is 17.7 Å². The van der Waals surface area contributed by atoms with E-state index in [0.29, 0.717) is 56.6 Å². The van der Waals surface area contributed by atoms with Gasteiger partial charge in [0.25, 0.3) is 11.8 Å². The maximum atomic E-state index is 13.8. The van der Waals surface area contributed by atoms with Crippen molar-refractivity contribution in [3.63, 3.8) is 0 Å². The number of carbonyl (C=O) groups is 3. The molecule has 7 rings (SSSR count). The van der Waals surface area contributed by atoms with Gasteiger partial charge in [-0.05, 0) is 36.2 Å². The molecule has 0 radical (unpaired) electrons. The summed E-state index contributed by atoms with van der Waals surface area (Å²) in [6.07, 6.45) is 11.8. The Morgan fingerprint density at radius 2 is 1.75 bits per heavy atom. The van der Waals surface area contributed by atoms with Crippen molar-refractivity contribution in [2.24, 2.45) is 22.7 Å². The fourth-order valence-electron chi connectivity index (χ4n) is 7.55. The number of hydrogen-bond acceptors (Lipinski definition) is 6. The average molecular weight is 599 g/mol. The first-order valence-corrected chi connectivity index (χ1v) is 16.1. The topological polar surface area (TPSA) is 114 Å². The van der Waals surface area contributed by atoms with Crippen molar-refractivity contribution in [1.82, 2.24) is 29.9 Å². The van der Waals surface area contributed by atoms with Gasteiger partial charge in [-0.15, -0.1) is 0 Å². The van der Waals surface area contributed by atoms with Gasteiger partial charge in [0, 0.05) is 50.3 Å². The van der Waals surface area contributed by atoms with E-state index in [2.05, 4.69) is 29.2 Å². The summed E-state index contributed by atoms with van der Waals surface area (Å²) >= 11 is 0. The Balaban J connectivity index is 1.06. The predicted molar refractivity (Wildman–Crippen MR) is 163 cm³/mol. The minimum absolute atomic E-state index is 0.0548. The van der Waals surface area contributed by atoms with Crippen LogP contribution in [0, 0.1) is 22.7 Å². The third-order valence-corrected chi connectivity index (χ3v) is 10.5. The normalized spacial score (nSPS) is 23.9. The van der Waals surface area contributed by atoms with Crippen molar-refractivity contribution < 1.29 is 18.8 Å². The summed E-state index contributed by atoms with van der Waals surface area (Å²) < 4.78 is 7.73. The SMILES string of the molecule is CC1(C)C[C@@H]1C(=O)N1CC2(CN(C(=O)c3cnn(Cc4ccccc4)c3)CC2c2nc(C(=O)NCC3CCCCC3)co2)C1. The fraction of sp³-hybridized carbons (Fsp3) is 0.559. The molecule has 2 aliphatic carbocycles. The molecule has 1 spiro atoms. The van der Waals surface area contributed by atoms with Crippen LogP contribution in [0.4, 0.5) is 0 Å². The monoisotopic (exact) mass is 598 g/mol. The Labute approximate surface area is 258 Å². The van der Waals surface area contributed by atoms with E-state index >= 15 is 0 Å². The average Bonchev–Trinajstić information content (AvgIpc) is 3.49. The molecule has 232 valence electrons. The highest BCUT2D eigenvalue weighted by atomic mass is 16.3. The lowest BCUT2D eigenvalue weighted by molar-refractivity contribution is -0.146. The lowest BCUT2D eigenvalue weighted by atomic mass is 9.71. The van der Waals surface area contributed by atoms with Crippen LogP contribution in [0.1, 0.15) is 90.6 Å². The van der Waals surface area contributed by atoms with Gasteiger partial charge in [-0.1, -0.05) is 63.4 Å². The number of nitrogens with zero attached hydrogens (tertiary/aromatic N) is 5. The van der Waals surface area contributed by atoms with Crippen molar-refractivity contribution in [3.05, 3.63) is 71.7 Å². The Kier molecular flexibility index (Phi) is 7.33. The molecular weight excluding hydrogens is 556 g/mol. The van der Waals surface area contributed by atoms with Gasteiger partial charge in [0.2, 0.25) is 5.91 Å². The molecule has 10 nitrogen and oxygen atoms in total. The largest absolute Gasteiger partial charge is 0.448 e. The first-order chi connectivity index (χ1) is 21.2. The first-order valence-electron chi connectivity index (χ1n) is 16.1. The van der Waals surface area contributed by atoms with E-state index in [4.69, 9.17) is 4.42 Å². The van der Waals surface area contributed by atoms with Gasteiger partial charge >= 0.3 is 0 Å². The molecule has 2 aliphatic heterocycles. The number of aromatic nitrogens is 3. The zero-order valence-corrected chi connectivity index (χ0v) is 25.7. The van der Waals surface area contributed by atoms with Crippen LogP contribution in [0.5, 0.6) is 0 Å². The number of nitrogens with one attached hydrogen (secondary N) is 1. The van der Waals surface area contributed by atoms with Crippen LogP contribution in [0.15, 0.2) is 53.4 Å². The number of likely N-dealkylation sites (tertiary alicyclic amines) is 2. The lowest BCUT2D eigenvalue weighted by Gasteiger charge is -2.50. The molecule has 1 N–H and O–H groups in total. The third kappa shape index (κ3) is 5.55. The van der Waals surface area contributed by atoms with E-state index in [1.165, 1.54) is 25.5 Å². The second kappa shape index (κ2) is 11.2. The highest BCUT2D eigenvalue weighted by molar-refractivity contribution is 5.94. The van der Waals surface area contributed by atoms with Crippen molar-refractivity contribution in [2.75, 3.05) is 32.7 Å². The van der Waals surface area contributed by atoms with Gasteiger partial charge in [0.1, 0.15) is 6.26 Å². The number of benzene rings is 1. The van der Waals surface area contributed by atoms with E-state index in [1.807, 2.05) is 40.1 Å². The van der Waals surface area contributed by atoms with Gasteiger partial charge in [-0.3, -0.25) is 19.1 Å². The Morgan fingerprint density at radius 1 is 1.02 bits per heavy atom. The van der Waals surface area contributed by atoms with E-state index in [0.717, 1.165) is 24.8 Å². The van der Waals surface area contributed by atoms with E-state index in [9.17, 15) is 14.4 Å². The first kappa shape index (κ1) is 28.8. The van der Waals surface area contributed by atoms with Crippen molar-refractivity contribution in [3.8, 4) is 0 Å². The number of carbonyl (C=O) groups excluding carboxylic acids is 3. The third-order valence-electron chi connectivity index (χ3n) is 10.5. The summed E-state index contributed by atoms with van der Waals surface area (Å²) in [7, 11) is 0. The van der Waals surface area contributed by atoms with Crippen LogP contribution in [0.2, 0.25) is 0 Å².